The molecule has 1 aliphatic rings. The third-order valence-electron chi connectivity index (χ3n) is 6.17. The Morgan fingerprint density at radius 3 is 2.43 bits per heavy atom. The lowest BCUT2D eigenvalue weighted by molar-refractivity contribution is -0.690. The average Bonchev–Trinajstić information content (AvgIpc) is 3.36. The molecule has 190 valence electrons. The molecule has 0 saturated carbocycles. The summed E-state index contributed by atoms with van der Waals surface area (Å²) in [6.45, 7) is 4.54. The standard InChI is InChI=1S/C28H25F3N3OS2/c1-18(2)34-23(16-20-12-7-8-15-33(20)17-19-10-5-4-6-11-19)36-25(26(34)35)27-32(3)22-14-9-13-21(24(22)37-27)28(29,30)31/h4-16,18H,17H2,1-3H3/q+1. The van der Waals surface area contributed by atoms with Gasteiger partial charge in [-0.05, 0) is 32.0 Å². The SMILES string of the molecule is CC(C)n1c(=Cc2cccc[n+]2Cc2ccccc2)sc(=C2Sc3c(cccc3C(F)(F)F)N2C)c1=O. The summed E-state index contributed by atoms with van der Waals surface area (Å²) in [5.41, 5.74) is 1.64. The monoisotopic (exact) mass is 540 g/mol. The summed E-state index contributed by atoms with van der Waals surface area (Å²) < 4.78 is 46.0. The summed E-state index contributed by atoms with van der Waals surface area (Å²) in [4.78, 5) is 15.4. The van der Waals surface area contributed by atoms with Gasteiger partial charge in [0.25, 0.3) is 5.56 Å². The summed E-state index contributed by atoms with van der Waals surface area (Å²) in [5.74, 6) is 0. The molecule has 0 atom stereocenters. The zero-order valence-electron chi connectivity index (χ0n) is 20.5. The molecule has 1 aliphatic heterocycles. The molecule has 0 amide bonds. The molecule has 4 nitrogen and oxygen atoms in total. The molecule has 0 saturated heterocycles. The smallest absolute Gasteiger partial charge is 0.337 e. The Balaban J connectivity index is 1.67. The van der Waals surface area contributed by atoms with E-state index in [-0.39, 0.29) is 16.5 Å². The van der Waals surface area contributed by atoms with Crippen LogP contribution >= 0.6 is 23.1 Å². The number of fused-ring (bicyclic) bond motifs is 1. The topological polar surface area (TPSA) is 29.1 Å². The lowest BCUT2D eigenvalue weighted by atomic mass is 10.2. The number of alkyl halides is 3. The summed E-state index contributed by atoms with van der Waals surface area (Å²) in [6.07, 6.45) is -0.496. The molecule has 2 aromatic carbocycles. The normalized spacial score (nSPS) is 15.5. The van der Waals surface area contributed by atoms with Gasteiger partial charge >= 0.3 is 6.18 Å². The fraction of sp³-hybridized carbons (Fsp3) is 0.214. The number of nitrogens with zero attached hydrogens (tertiary/aromatic N) is 3. The van der Waals surface area contributed by atoms with Gasteiger partial charge in [-0.3, -0.25) is 9.36 Å². The Morgan fingerprint density at radius 1 is 1.00 bits per heavy atom. The molecule has 0 radical (unpaired) electrons. The number of aromatic nitrogens is 2. The second-order valence-electron chi connectivity index (χ2n) is 9.04. The number of halogens is 3. The van der Waals surface area contributed by atoms with Gasteiger partial charge in [-0.2, -0.15) is 17.7 Å². The van der Waals surface area contributed by atoms with E-state index in [0.717, 1.165) is 33.7 Å². The van der Waals surface area contributed by atoms with Crippen molar-refractivity contribution in [1.29, 1.82) is 0 Å². The molecular formula is C28H25F3N3OS2+. The largest absolute Gasteiger partial charge is 0.417 e. The Hall–Kier alpha value is -3.30. The van der Waals surface area contributed by atoms with Crippen LogP contribution in [-0.4, -0.2) is 11.6 Å². The molecule has 37 heavy (non-hydrogen) atoms. The van der Waals surface area contributed by atoms with Gasteiger partial charge in [-0.15, -0.1) is 11.3 Å². The van der Waals surface area contributed by atoms with Crippen LogP contribution in [0.25, 0.3) is 11.1 Å². The van der Waals surface area contributed by atoms with Gasteiger partial charge in [0.05, 0.1) is 11.3 Å². The molecule has 9 heteroatoms. The minimum absolute atomic E-state index is 0.125. The van der Waals surface area contributed by atoms with E-state index in [1.54, 1.807) is 22.6 Å². The number of rotatable bonds is 4. The molecule has 0 spiro atoms. The Bertz CT molecular complexity index is 1640. The number of benzene rings is 2. The maximum atomic E-state index is 13.7. The number of pyridine rings is 1. The minimum atomic E-state index is -4.47. The Kier molecular flexibility index (Phi) is 6.76. The second kappa shape index (κ2) is 9.87. The quantitative estimate of drug-likeness (QED) is 0.342. The molecule has 0 N–H and O–H groups in total. The van der Waals surface area contributed by atoms with Crippen LogP contribution < -0.4 is 24.2 Å². The average molecular weight is 541 g/mol. The molecule has 0 aliphatic carbocycles. The number of thiazole rings is 1. The highest BCUT2D eigenvalue weighted by Gasteiger charge is 2.38. The van der Waals surface area contributed by atoms with Gasteiger partial charge in [0.2, 0.25) is 5.69 Å². The summed E-state index contributed by atoms with van der Waals surface area (Å²) >= 11 is 2.32. The molecule has 5 rings (SSSR count). The van der Waals surface area contributed by atoms with Crippen molar-refractivity contribution >= 4 is 39.9 Å². The summed E-state index contributed by atoms with van der Waals surface area (Å²) in [6, 6.07) is 20.0. The van der Waals surface area contributed by atoms with Crippen LogP contribution in [0.2, 0.25) is 0 Å². The van der Waals surface area contributed by atoms with Crippen LogP contribution in [0.4, 0.5) is 18.9 Å². The van der Waals surface area contributed by atoms with Crippen LogP contribution in [0.5, 0.6) is 0 Å². The molecule has 3 heterocycles. The second-order valence-corrected chi connectivity index (χ2v) is 11.1. The van der Waals surface area contributed by atoms with E-state index < -0.39 is 11.7 Å². The van der Waals surface area contributed by atoms with E-state index >= 15 is 0 Å². The van der Waals surface area contributed by atoms with Gasteiger partial charge in [0.1, 0.15) is 14.2 Å². The van der Waals surface area contributed by atoms with Crippen molar-refractivity contribution in [1.82, 2.24) is 4.57 Å². The number of thioether (sulfide) groups is 1. The van der Waals surface area contributed by atoms with Gasteiger partial charge in [0, 0.05) is 41.8 Å². The number of hydrogen-bond acceptors (Lipinski definition) is 4. The summed E-state index contributed by atoms with van der Waals surface area (Å²) in [5, 5.41) is 0.515. The lowest BCUT2D eigenvalue weighted by Crippen LogP contribution is -2.38. The molecule has 0 fully saturated rings. The fourth-order valence-corrected chi connectivity index (χ4v) is 7.05. The third kappa shape index (κ3) is 4.85. The summed E-state index contributed by atoms with van der Waals surface area (Å²) in [7, 11) is 1.71. The van der Waals surface area contributed by atoms with Crippen molar-refractivity contribution in [2.24, 2.45) is 0 Å². The van der Waals surface area contributed by atoms with Crippen molar-refractivity contribution in [3.05, 3.63) is 109 Å². The highest BCUT2D eigenvalue weighted by atomic mass is 32.2. The van der Waals surface area contributed by atoms with Crippen molar-refractivity contribution in [3.63, 3.8) is 0 Å². The van der Waals surface area contributed by atoms with E-state index in [9.17, 15) is 18.0 Å². The van der Waals surface area contributed by atoms with Gasteiger partial charge in [0.15, 0.2) is 12.7 Å². The first-order chi connectivity index (χ1) is 17.6. The highest BCUT2D eigenvalue weighted by molar-refractivity contribution is 8.08. The maximum Gasteiger partial charge on any atom is 0.417 e. The first-order valence-electron chi connectivity index (χ1n) is 11.8. The first-order valence-corrected chi connectivity index (χ1v) is 13.4. The van der Waals surface area contributed by atoms with Crippen LogP contribution in [0, 0.1) is 0 Å². The fourth-order valence-electron chi connectivity index (χ4n) is 4.39. The molecule has 0 bridgehead atoms. The Morgan fingerprint density at radius 2 is 1.73 bits per heavy atom. The van der Waals surface area contributed by atoms with Crippen molar-refractivity contribution in [2.75, 3.05) is 11.9 Å². The third-order valence-corrected chi connectivity index (χ3v) is 8.70. The van der Waals surface area contributed by atoms with Crippen molar-refractivity contribution in [3.8, 4) is 0 Å². The van der Waals surface area contributed by atoms with E-state index in [2.05, 4.69) is 16.7 Å². The van der Waals surface area contributed by atoms with E-state index in [1.807, 2.05) is 62.5 Å². The molecule has 4 aromatic rings. The minimum Gasteiger partial charge on any atom is -0.337 e. The van der Waals surface area contributed by atoms with Crippen LogP contribution in [-0.2, 0) is 12.7 Å². The Labute approximate surface area is 220 Å². The van der Waals surface area contributed by atoms with E-state index in [4.69, 9.17) is 0 Å². The number of anilines is 1. The maximum absolute atomic E-state index is 13.7. The van der Waals surface area contributed by atoms with Crippen LogP contribution in [0.1, 0.15) is 36.7 Å². The molecule has 0 unspecified atom stereocenters. The first kappa shape index (κ1) is 25.4. The molecule has 2 aromatic heterocycles. The zero-order chi connectivity index (χ0) is 26.3. The zero-order valence-corrected chi connectivity index (χ0v) is 22.1. The van der Waals surface area contributed by atoms with Crippen LogP contribution in [0.3, 0.4) is 0 Å². The predicted molar refractivity (Wildman–Crippen MR) is 143 cm³/mol. The van der Waals surface area contributed by atoms with E-state index in [0.29, 0.717) is 21.8 Å². The predicted octanol–water partition coefficient (Wildman–Crippen LogP) is 4.98. The van der Waals surface area contributed by atoms with Gasteiger partial charge < -0.3 is 4.90 Å². The van der Waals surface area contributed by atoms with Gasteiger partial charge in [-0.1, -0.05) is 48.2 Å². The van der Waals surface area contributed by atoms with E-state index in [1.165, 1.54) is 17.4 Å². The molecular weight excluding hydrogens is 515 g/mol. The van der Waals surface area contributed by atoms with Crippen molar-refractivity contribution < 1.29 is 17.7 Å². The van der Waals surface area contributed by atoms with Gasteiger partial charge in [-0.25, -0.2) is 0 Å². The highest BCUT2D eigenvalue weighted by Crippen LogP contribution is 2.50. The van der Waals surface area contributed by atoms with Crippen molar-refractivity contribution in [2.45, 2.75) is 37.5 Å². The number of hydrogen-bond donors (Lipinski definition) is 0. The van der Waals surface area contributed by atoms with Crippen LogP contribution in [0.15, 0.2) is 82.6 Å². The lowest BCUT2D eigenvalue weighted by Gasteiger charge is -2.13.